The smallest absolute Gasteiger partial charge is 0.202 e. The fourth-order valence-corrected chi connectivity index (χ4v) is 0.221. The van der Waals surface area contributed by atoms with E-state index >= 15 is 0 Å². The first kappa shape index (κ1) is 8.28. The second-order valence-corrected chi connectivity index (χ2v) is 1.30. The van der Waals surface area contributed by atoms with E-state index < -0.39 is 12.3 Å². The van der Waals surface area contributed by atoms with Crippen LogP contribution in [0.4, 0.5) is 17.6 Å². The van der Waals surface area contributed by atoms with Gasteiger partial charge < -0.3 is 0 Å². The maximum Gasteiger partial charge on any atom is 0.367 e. The molecule has 0 aliphatic carbocycles. The molecule has 0 radical (unpaired) electrons. The highest BCUT2D eigenvalue weighted by Crippen LogP contribution is 2.20. The molecule has 0 rings (SSSR count). The fraction of sp³-hybridized carbons (Fsp3) is 0.600. The molecule has 0 unspecified atom stereocenters. The molecular formula is C5H4F4. The topological polar surface area (TPSA) is 0 Å². The van der Waals surface area contributed by atoms with Crippen LogP contribution >= 0.6 is 0 Å². The third-order valence-electron chi connectivity index (χ3n) is 0.566. The Morgan fingerprint density at radius 3 is 1.89 bits per heavy atom. The molecule has 0 aliphatic rings. The van der Waals surface area contributed by atoms with E-state index in [-0.39, 0.29) is 0 Å². The van der Waals surface area contributed by atoms with E-state index in [0.717, 1.165) is 12.8 Å². The molecule has 0 heterocycles. The summed E-state index contributed by atoms with van der Waals surface area (Å²) in [5, 5.41) is 0. The Hall–Kier alpha value is -0.720. The van der Waals surface area contributed by atoms with E-state index in [1.165, 1.54) is 0 Å². The maximum atomic E-state index is 11.6. The molecule has 0 bridgehead atoms. The second-order valence-electron chi connectivity index (χ2n) is 1.30. The molecule has 0 fully saturated rings. The van der Waals surface area contributed by atoms with Crippen LogP contribution in [0.3, 0.4) is 0 Å². The van der Waals surface area contributed by atoms with Gasteiger partial charge in [0.25, 0.3) is 0 Å². The van der Waals surface area contributed by atoms with E-state index in [4.69, 9.17) is 0 Å². The SMILES string of the molecule is CC#CC(F)(F)C(F)F. The monoisotopic (exact) mass is 140 g/mol. The normalized spacial score (nSPS) is 10.9. The van der Waals surface area contributed by atoms with Crippen LogP contribution in [-0.2, 0) is 0 Å². The van der Waals surface area contributed by atoms with Crippen molar-refractivity contribution in [3.8, 4) is 11.8 Å². The van der Waals surface area contributed by atoms with Gasteiger partial charge in [-0.2, -0.15) is 8.78 Å². The summed E-state index contributed by atoms with van der Waals surface area (Å²) in [6, 6.07) is 0. The molecule has 0 aliphatic heterocycles. The number of hydrogen-bond acceptors (Lipinski definition) is 0. The van der Waals surface area contributed by atoms with Crippen LogP contribution in [0.5, 0.6) is 0 Å². The highest BCUT2D eigenvalue weighted by Gasteiger charge is 2.38. The summed E-state index contributed by atoms with van der Waals surface area (Å²) in [6.07, 6.45) is -3.69. The first-order chi connectivity index (χ1) is 4.00. The Balaban J connectivity index is 4.13. The second kappa shape index (κ2) is 2.72. The first-order valence-corrected chi connectivity index (χ1v) is 2.10. The Kier molecular flexibility index (Phi) is 2.50. The molecule has 52 valence electrons. The molecule has 0 spiro atoms. The molecule has 4 heteroatoms. The molecule has 0 amide bonds. The Morgan fingerprint density at radius 1 is 1.33 bits per heavy atom. The largest absolute Gasteiger partial charge is 0.367 e. The van der Waals surface area contributed by atoms with Gasteiger partial charge >= 0.3 is 12.3 Å². The van der Waals surface area contributed by atoms with Crippen molar-refractivity contribution in [3.05, 3.63) is 0 Å². The lowest BCUT2D eigenvalue weighted by atomic mass is 10.3. The maximum absolute atomic E-state index is 11.6. The zero-order valence-electron chi connectivity index (χ0n) is 4.59. The van der Waals surface area contributed by atoms with Gasteiger partial charge in [-0.1, -0.05) is 0 Å². The summed E-state index contributed by atoms with van der Waals surface area (Å²) < 4.78 is 45.5. The predicted molar refractivity (Wildman–Crippen MR) is 24.4 cm³/mol. The molecule has 0 aromatic heterocycles. The summed E-state index contributed by atoms with van der Waals surface area (Å²) in [5.41, 5.74) is 0. The standard InChI is InChI=1S/C5H4F4/c1-2-3-5(8,9)4(6)7/h4H,1H3. The first-order valence-electron chi connectivity index (χ1n) is 2.10. The highest BCUT2D eigenvalue weighted by molar-refractivity contribution is 5.08. The lowest BCUT2D eigenvalue weighted by Gasteiger charge is -2.05. The molecule has 0 nitrogen and oxygen atoms in total. The van der Waals surface area contributed by atoms with Gasteiger partial charge in [0.2, 0.25) is 0 Å². The van der Waals surface area contributed by atoms with Crippen LogP contribution in [0.25, 0.3) is 0 Å². The third kappa shape index (κ3) is 2.36. The van der Waals surface area contributed by atoms with Gasteiger partial charge in [0.15, 0.2) is 0 Å². The average Bonchev–Trinajstić information content (AvgIpc) is 1.65. The van der Waals surface area contributed by atoms with Crippen molar-refractivity contribution in [2.45, 2.75) is 19.3 Å². The zero-order valence-corrected chi connectivity index (χ0v) is 4.59. The van der Waals surface area contributed by atoms with Gasteiger partial charge in [0.1, 0.15) is 0 Å². The summed E-state index contributed by atoms with van der Waals surface area (Å²) >= 11 is 0. The predicted octanol–water partition coefficient (Wildman–Crippen LogP) is 1.91. The van der Waals surface area contributed by atoms with Crippen LogP contribution in [0.1, 0.15) is 6.92 Å². The van der Waals surface area contributed by atoms with Crippen LogP contribution in [-0.4, -0.2) is 12.3 Å². The van der Waals surface area contributed by atoms with E-state index in [2.05, 4.69) is 0 Å². The number of halogens is 4. The molecule has 9 heavy (non-hydrogen) atoms. The molecule has 0 N–H and O–H groups in total. The quantitative estimate of drug-likeness (QED) is 0.385. The van der Waals surface area contributed by atoms with Crippen LogP contribution in [0.15, 0.2) is 0 Å². The molecule has 0 saturated carbocycles. The van der Waals surface area contributed by atoms with Crippen molar-refractivity contribution in [1.29, 1.82) is 0 Å². The molecule has 0 aromatic rings. The molecular weight excluding hydrogens is 136 g/mol. The van der Waals surface area contributed by atoms with Crippen molar-refractivity contribution in [1.82, 2.24) is 0 Å². The van der Waals surface area contributed by atoms with Gasteiger partial charge in [0.05, 0.1) is 0 Å². The van der Waals surface area contributed by atoms with Crippen molar-refractivity contribution < 1.29 is 17.6 Å². The van der Waals surface area contributed by atoms with Gasteiger partial charge in [-0.25, -0.2) is 8.78 Å². The van der Waals surface area contributed by atoms with Gasteiger partial charge in [-0.05, 0) is 12.8 Å². The van der Waals surface area contributed by atoms with Crippen LogP contribution in [0, 0.1) is 11.8 Å². The van der Waals surface area contributed by atoms with Crippen LogP contribution < -0.4 is 0 Å². The molecule has 0 atom stereocenters. The minimum absolute atomic E-state index is 1.08. The Labute approximate surface area is 49.9 Å². The van der Waals surface area contributed by atoms with Crippen molar-refractivity contribution in [2.24, 2.45) is 0 Å². The summed E-state index contributed by atoms with van der Waals surface area (Å²) in [5.74, 6) is -1.35. The average molecular weight is 140 g/mol. The molecule has 0 aromatic carbocycles. The lowest BCUT2D eigenvalue weighted by Crippen LogP contribution is -2.23. The molecule has 0 saturated heterocycles. The van der Waals surface area contributed by atoms with Crippen molar-refractivity contribution in [3.63, 3.8) is 0 Å². The Bertz CT molecular complexity index is 139. The summed E-state index contributed by atoms with van der Waals surface area (Å²) in [7, 11) is 0. The van der Waals surface area contributed by atoms with E-state index in [1.54, 1.807) is 5.92 Å². The van der Waals surface area contributed by atoms with Crippen LogP contribution in [0.2, 0.25) is 0 Å². The van der Waals surface area contributed by atoms with Gasteiger partial charge in [0, 0.05) is 0 Å². The Morgan fingerprint density at radius 2 is 1.78 bits per heavy atom. The summed E-state index contributed by atoms with van der Waals surface area (Å²) in [4.78, 5) is 0. The third-order valence-corrected chi connectivity index (χ3v) is 0.566. The van der Waals surface area contributed by atoms with E-state index in [9.17, 15) is 17.6 Å². The summed E-state index contributed by atoms with van der Waals surface area (Å²) in [6.45, 7) is 1.08. The minimum Gasteiger partial charge on any atom is -0.202 e. The van der Waals surface area contributed by atoms with Crippen molar-refractivity contribution in [2.75, 3.05) is 0 Å². The van der Waals surface area contributed by atoms with Gasteiger partial charge in [-0.15, -0.1) is 5.92 Å². The van der Waals surface area contributed by atoms with Crippen molar-refractivity contribution >= 4 is 0 Å². The number of hydrogen-bond donors (Lipinski definition) is 0. The van der Waals surface area contributed by atoms with Gasteiger partial charge in [-0.3, -0.25) is 0 Å². The van der Waals surface area contributed by atoms with E-state index in [1.807, 2.05) is 0 Å². The minimum atomic E-state index is -4.14. The highest BCUT2D eigenvalue weighted by atomic mass is 19.3. The lowest BCUT2D eigenvalue weighted by molar-refractivity contribution is -0.0831. The number of alkyl halides is 4. The van der Waals surface area contributed by atoms with E-state index in [0.29, 0.717) is 0 Å². The zero-order chi connectivity index (χ0) is 7.49. The fourth-order valence-electron chi connectivity index (χ4n) is 0.221. The number of rotatable bonds is 1.